The van der Waals surface area contributed by atoms with E-state index in [9.17, 15) is 9.59 Å². The zero-order chi connectivity index (χ0) is 11.9. The van der Waals surface area contributed by atoms with Gasteiger partial charge in [0.15, 0.2) is 0 Å². The Hall–Kier alpha value is -1.55. The summed E-state index contributed by atoms with van der Waals surface area (Å²) in [6.07, 6.45) is 0. The van der Waals surface area contributed by atoms with Gasteiger partial charge in [0.05, 0.1) is 16.1 Å². The Morgan fingerprint density at radius 3 is 2.50 bits per heavy atom. The minimum atomic E-state index is -0.626. The molecule has 1 aromatic carbocycles. The topological polar surface area (TPSA) is 63.2 Å². The molecule has 84 valence electrons. The van der Waals surface area contributed by atoms with Gasteiger partial charge in [-0.15, -0.1) is 0 Å². The van der Waals surface area contributed by atoms with Crippen molar-refractivity contribution >= 4 is 23.4 Å². The van der Waals surface area contributed by atoms with Crippen molar-refractivity contribution in [1.82, 2.24) is 4.90 Å². The monoisotopic (exact) mass is 238 g/mol. The van der Waals surface area contributed by atoms with Crippen molar-refractivity contribution in [2.45, 2.75) is 13.0 Å². The molecule has 4 nitrogen and oxygen atoms in total. The second-order valence-electron chi connectivity index (χ2n) is 3.84. The lowest BCUT2D eigenvalue weighted by Gasteiger charge is -2.07. The Balaban J connectivity index is 2.38. The summed E-state index contributed by atoms with van der Waals surface area (Å²) in [4.78, 5) is 24.6. The summed E-state index contributed by atoms with van der Waals surface area (Å²) in [5, 5.41) is 0.138. The lowest BCUT2D eigenvalue weighted by Crippen LogP contribution is -2.17. The highest BCUT2D eigenvalue weighted by Gasteiger charge is 2.35. The number of primary amides is 1. The molecule has 1 saturated heterocycles. The van der Waals surface area contributed by atoms with E-state index in [4.69, 9.17) is 17.3 Å². The Morgan fingerprint density at radius 2 is 2.00 bits per heavy atom. The van der Waals surface area contributed by atoms with Crippen molar-refractivity contribution in [2.24, 2.45) is 5.73 Å². The molecule has 1 fully saturated rings. The number of rotatable bonds is 2. The molecule has 0 radical (unpaired) electrons. The highest BCUT2D eigenvalue weighted by molar-refractivity contribution is 6.36. The predicted octanol–water partition coefficient (Wildman–Crippen LogP) is 1.28. The van der Waals surface area contributed by atoms with Gasteiger partial charge in [-0.3, -0.25) is 9.59 Å². The van der Waals surface area contributed by atoms with Gasteiger partial charge in [-0.25, -0.2) is 0 Å². The predicted molar refractivity (Wildman–Crippen MR) is 60.5 cm³/mol. The smallest absolute Gasteiger partial charge is 0.255 e. The minimum Gasteiger partial charge on any atom is -0.366 e. The van der Waals surface area contributed by atoms with Gasteiger partial charge in [-0.2, -0.15) is 0 Å². The number of carbonyl (C=O) groups is 2. The van der Waals surface area contributed by atoms with Crippen LogP contribution in [0, 0.1) is 0 Å². The van der Waals surface area contributed by atoms with E-state index in [2.05, 4.69) is 0 Å². The molecule has 2 amide bonds. The summed E-state index contributed by atoms with van der Waals surface area (Å²) in [5.41, 5.74) is 5.67. The van der Waals surface area contributed by atoms with E-state index >= 15 is 0 Å². The maximum atomic E-state index is 11.9. The summed E-state index contributed by atoms with van der Waals surface area (Å²) in [7, 11) is 0. The highest BCUT2D eigenvalue weighted by Crippen LogP contribution is 2.26. The molecular formula is C11H11ClN2O2. The normalized spacial score (nSPS) is 18.4. The first kappa shape index (κ1) is 11.0. The molecule has 2 rings (SSSR count). The fourth-order valence-corrected chi connectivity index (χ4v) is 1.86. The number of amides is 2. The molecule has 1 aliphatic rings. The molecule has 1 aliphatic heterocycles. The number of nitrogens with zero attached hydrogens (tertiary/aromatic N) is 1. The number of hydrogen-bond donors (Lipinski definition) is 1. The van der Waals surface area contributed by atoms with E-state index in [0.717, 1.165) is 6.54 Å². The first-order valence-corrected chi connectivity index (χ1v) is 5.29. The van der Waals surface area contributed by atoms with E-state index in [0.29, 0.717) is 5.56 Å². The molecule has 2 N–H and O–H groups in total. The molecule has 1 unspecified atom stereocenters. The second-order valence-corrected chi connectivity index (χ2v) is 4.22. The van der Waals surface area contributed by atoms with Gasteiger partial charge in [-0.05, 0) is 19.1 Å². The van der Waals surface area contributed by atoms with Crippen LogP contribution >= 0.6 is 11.6 Å². The van der Waals surface area contributed by atoms with Gasteiger partial charge in [0.2, 0.25) is 5.91 Å². The van der Waals surface area contributed by atoms with Crippen molar-refractivity contribution in [2.75, 3.05) is 6.54 Å². The third kappa shape index (κ3) is 1.76. The summed E-state index contributed by atoms with van der Waals surface area (Å²) in [6.45, 7) is 2.68. The third-order valence-corrected chi connectivity index (χ3v) is 3.02. The zero-order valence-corrected chi connectivity index (χ0v) is 9.49. The molecule has 0 aromatic heterocycles. The Labute approximate surface area is 98.0 Å². The fraction of sp³-hybridized carbons (Fsp3) is 0.273. The average molecular weight is 239 g/mol. The van der Waals surface area contributed by atoms with Crippen molar-refractivity contribution in [1.29, 1.82) is 0 Å². The summed E-state index contributed by atoms with van der Waals surface area (Å²) in [6, 6.07) is 4.96. The van der Waals surface area contributed by atoms with Gasteiger partial charge in [0, 0.05) is 12.6 Å². The molecule has 0 saturated carbocycles. The maximum Gasteiger partial charge on any atom is 0.255 e. The molecule has 1 atom stereocenters. The number of hydrogen-bond acceptors (Lipinski definition) is 2. The maximum absolute atomic E-state index is 11.9. The number of nitrogens with two attached hydrogens (primary N) is 1. The van der Waals surface area contributed by atoms with Crippen LogP contribution in [0.15, 0.2) is 18.2 Å². The third-order valence-electron chi connectivity index (χ3n) is 2.61. The fourth-order valence-electron chi connectivity index (χ4n) is 1.56. The summed E-state index contributed by atoms with van der Waals surface area (Å²) in [5.74, 6) is -0.779. The quantitative estimate of drug-likeness (QED) is 0.789. The highest BCUT2D eigenvalue weighted by atomic mass is 35.5. The molecule has 1 aromatic rings. The number of halogens is 1. The first-order valence-electron chi connectivity index (χ1n) is 4.91. The van der Waals surface area contributed by atoms with Crippen LogP contribution in [0.2, 0.25) is 5.02 Å². The lowest BCUT2D eigenvalue weighted by molar-refractivity contribution is 0.0876. The molecule has 0 aliphatic carbocycles. The Kier molecular flexibility index (Phi) is 2.59. The van der Waals surface area contributed by atoms with Gasteiger partial charge >= 0.3 is 0 Å². The average Bonchev–Trinajstić information content (AvgIpc) is 2.94. The minimum absolute atomic E-state index is 0.138. The Morgan fingerprint density at radius 1 is 1.44 bits per heavy atom. The van der Waals surface area contributed by atoms with E-state index in [1.165, 1.54) is 6.07 Å². The zero-order valence-electron chi connectivity index (χ0n) is 8.74. The van der Waals surface area contributed by atoms with Crippen molar-refractivity contribution in [3.63, 3.8) is 0 Å². The summed E-state index contributed by atoms with van der Waals surface area (Å²) >= 11 is 5.97. The standard InChI is InChI=1S/C11H11ClN2O2/c1-6-5-14(6)11(16)8-4-2-3-7(9(8)12)10(13)15/h2-4,6H,5H2,1H3,(H2,13,15). The molecule has 0 spiro atoms. The van der Waals surface area contributed by atoms with Crippen LogP contribution in [0.3, 0.4) is 0 Å². The molecule has 0 bridgehead atoms. The van der Waals surface area contributed by atoms with E-state index in [1.807, 2.05) is 6.92 Å². The van der Waals surface area contributed by atoms with Gasteiger partial charge < -0.3 is 10.6 Å². The van der Waals surface area contributed by atoms with E-state index in [-0.39, 0.29) is 22.5 Å². The molecular weight excluding hydrogens is 228 g/mol. The molecule has 16 heavy (non-hydrogen) atoms. The van der Waals surface area contributed by atoms with Crippen LogP contribution < -0.4 is 5.73 Å². The number of benzene rings is 1. The summed E-state index contributed by atoms with van der Waals surface area (Å²) < 4.78 is 0. The lowest BCUT2D eigenvalue weighted by atomic mass is 10.1. The SMILES string of the molecule is CC1CN1C(=O)c1cccc(C(N)=O)c1Cl. The second kappa shape index (κ2) is 3.79. The van der Waals surface area contributed by atoms with Crippen LogP contribution in [0.4, 0.5) is 0 Å². The van der Waals surface area contributed by atoms with Crippen LogP contribution in [-0.4, -0.2) is 29.3 Å². The van der Waals surface area contributed by atoms with E-state index in [1.54, 1.807) is 17.0 Å². The van der Waals surface area contributed by atoms with Gasteiger partial charge in [0.25, 0.3) is 5.91 Å². The van der Waals surface area contributed by atoms with Crippen LogP contribution in [0.5, 0.6) is 0 Å². The van der Waals surface area contributed by atoms with Gasteiger partial charge in [-0.1, -0.05) is 17.7 Å². The molecule has 1 heterocycles. The Bertz CT molecular complexity index is 473. The van der Waals surface area contributed by atoms with Crippen LogP contribution in [-0.2, 0) is 0 Å². The van der Waals surface area contributed by atoms with Crippen LogP contribution in [0.1, 0.15) is 27.6 Å². The van der Waals surface area contributed by atoms with Crippen molar-refractivity contribution in [3.8, 4) is 0 Å². The first-order chi connectivity index (χ1) is 7.52. The van der Waals surface area contributed by atoms with E-state index < -0.39 is 5.91 Å². The largest absolute Gasteiger partial charge is 0.366 e. The van der Waals surface area contributed by atoms with Crippen molar-refractivity contribution in [3.05, 3.63) is 34.3 Å². The van der Waals surface area contributed by atoms with Crippen molar-refractivity contribution < 1.29 is 9.59 Å². The number of carbonyl (C=O) groups excluding carboxylic acids is 2. The van der Waals surface area contributed by atoms with Crippen LogP contribution in [0.25, 0.3) is 0 Å². The van der Waals surface area contributed by atoms with Gasteiger partial charge in [0.1, 0.15) is 0 Å². The molecule has 5 heteroatoms.